The number of thiophene rings is 1. The number of rotatable bonds is 8. The molecule has 2 aromatic carbocycles. The summed E-state index contributed by atoms with van der Waals surface area (Å²) in [5, 5.41) is 1.97. The van der Waals surface area contributed by atoms with Crippen LogP contribution in [0.5, 0.6) is 11.5 Å². The smallest absolute Gasteiger partial charge is 0.254 e. The van der Waals surface area contributed by atoms with Crippen molar-refractivity contribution in [3.63, 3.8) is 0 Å². The minimum Gasteiger partial charge on any atom is -0.454 e. The predicted octanol–water partition coefficient (Wildman–Crippen LogP) is 4.45. The van der Waals surface area contributed by atoms with Crippen molar-refractivity contribution in [3.05, 3.63) is 81.8 Å². The molecule has 6 nitrogen and oxygen atoms in total. The number of halogens is 1. The molecule has 5 rings (SSSR count). The molecule has 0 N–H and O–H groups in total. The highest BCUT2D eigenvalue weighted by atomic mass is 32.1. The Morgan fingerprint density at radius 1 is 1.00 bits per heavy atom. The fourth-order valence-electron chi connectivity index (χ4n) is 3.87. The van der Waals surface area contributed by atoms with E-state index in [-0.39, 0.29) is 36.8 Å². The molecule has 0 unspecified atom stereocenters. The van der Waals surface area contributed by atoms with Gasteiger partial charge in [-0.25, -0.2) is 4.39 Å². The first-order valence-electron chi connectivity index (χ1n) is 10.8. The Morgan fingerprint density at radius 2 is 1.85 bits per heavy atom. The normalized spacial score (nSPS) is 14.2. The summed E-state index contributed by atoms with van der Waals surface area (Å²) in [4.78, 5) is 30.9. The van der Waals surface area contributed by atoms with Gasteiger partial charge in [-0.3, -0.25) is 9.59 Å². The van der Waals surface area contributed by atoms with Gasteiger partial charge < -0.3 is 19.3 Å². The van der Waals surface area contributed by atoms with Crippen molar-refractivity contribution in [2.24, 2.45) is 0 Å². The predicted molar refractivity (Wildman–Crippen MR) is 122 cm³/mol. The second kappa shape index (κ2) is 9.23. The molecule has 0 radical (unpaired) electrons. The third-order valence-electron chi connectivity index (χ3n) is 5.72. The van der Waals surface area contributed by atoms with Crippen LogP contribution < -0.4 is 9.47 Å². The van der Waals surface area contributed by atoms with Crippen molar-refractivity contribution >= 4 is 23.2 Å². The van der Waals surface area contributed by atoms with Gasteiger partial charge >= 0.3 is 0 Å². The van der Waals surface area contributed by atoms with Gasteiger partial charge in [-0.05, 0) is 60.2 Å². The number of ether oxygens (including phenoxy) is 2. The largest absolute Gasteiger partial charge is 0.454 e. The molecule has 2 amide bonds. The van der Waals surface area contributed by atoms with Crippen LogP contribution in [0.4, 0.5) is 4.39 Å². The number of carbonyl (C=O) groups is 2. The van der Waals surface area contributed by atoms with Crippen LogP contribution in [-0.2, 0) is 17.9 Å². The fraction of sp³-hybridized carbons (Fsp3) is 0.280. The average Bonchev–Trinajstić information content (AvgIpc) is 3.31. The minimum absolute atomic E-state index is 0.0128. The summed E-state index contributed by atoms with van der Waals surface area (Å²) >= 11 is 1.58. The molecular formula is C25H23FN2O4S. The van der Waals surface area contributed by atoms with Crippen molar-refractivity contribution in [2.75, 3.05) is 13.3 Å². The van der Waals surface area contributed by atoms with Crippen molar-refractivity contribution in [1.29, 1.82) is 0 Å². The number of amides is 2. The number of benzene rings is 2. The van der Waals surface area contributed by atoms with Crippen LogP contribution >= 0.6 is 11.3 Å². The molecule has 1 saturated carbocycles. The third kappa shape index (κ3) is 5.01. The van der Waals surface area contributed by atoms with Crippen LogP contribution in [0.25, 0.3) is 0 Å². The Balaban J connectivity index is 1.35. The Kier molecular flexibility index (Phi) is 6.00. The van der Waals surface area contributed by atoms with Crippen LogP contribution in [0.2, 0.25) is 0 Å². The lowest BCUT2D eigenvalue weighted by atomic mass is 10.1. The summed E-state index contributed by atoms with van der Waals surface area (Å²) in [7, 11) is 0. The molecule has 1 aliphatic heterocycles. The first kappa shape index (κ1) is 21.5. The maximum absolute atomic E-state index is 13.7. The Morgan fingerprint density at radius 3 is 2.61 bits per heavy atom. The molecule has 0 spiro atoms. The van der Waals surface area contributed by atoms with Gasteiger partial charge in [-0.2, -0.15) is 0 Å². The monoisotopic (exact) mass is 466 g/mol. The summed E-state index contributed by atoms with van der Waals surface area (Å²) in [6, 6.07) is 15.2. The van der Waals surface area contributed by atoms with Gasteiger partial charge in [-0.1, -0.05) is 18.2 Å². The van der Waals surface area contributed by atoms with Crippen LogP contribution in [0.3, 0.4) is 0 Å². The quantitative estimate of drug-likeness (QED) is 0.492. The molecule has 1 fully saturated rings. The van der Waals surface area contributed by atoms with E-state index in [1.54, 1.807) is 27.2 Å². The van der Waals surface area contributed by atoms with Crippen molar-refractivity contribution in [2.45, 2.75) is 32.0 Å². The number of nitrogens with zero attached hydrogens (tertiary/aromatic N) is 2. The Labute approximate surface area is 195 Å². The highest BCUT2D eigenvalue weighted by Crippen LogP contribution is 2.33. The maximum atomic E-state index is 13.7. The molecule has 3 aromatic rings. The molecular weight excluding hydrogens is 443 g/mol. The molecule has 2 heterocycles. The van der Waals surface area contributed by atoms with E-state index in [1.165, 1.54) is 18.2 Å². The standard InChI is InChI=1S/C25H23FN2O4S/c26-19-4-1-3-18(12-19)25(30)28(20-7-8-20)15-24(29)27(14-21-5-2-10-33-21)13-17-6-9-22-23(11-17)32-16-31-22/h1-6,9-12,20H,7-8,13-16H2. The number of hydrogen-bond donors (Lipinski definition) is 0. The van der Waals surface area contributed by atoms with E-state index in [9.17, 15) is 14.0 Å². The van der Waals surface area contributed by atoms with Gasteiger partial charge in [0, 0.05) is 23.0 Å². The van der Waals surface area contributed by atoms with E-state index in [4.69, 9.17) is 9.47 Å². The summed E-state index contributed by atoms with van der Waals surface area (Å²) in [5.74, 6) is 0.416. The third-order valence-corrected chi connectivity index (χ3v) is 6.58. The van der Waals surface area contributed by atoms with Gasteiger partial charge in [0.2, 0.25) is 12.7 Å². The van der Waals surface area contributed by atoms with Gasteiger partial charge in [0.1, 0.15) is 12.4 Å². The van der Waals surface area contributed by atoms with E-state index in [1.807, 2.05) is 35.7 Å². The van der Waals surface area contributed by atoms with E-state index in [0.717, 1.165) is 23.3 Å². The highest BCUT2D eigenvalue weighted by Gasteiger charge is 2.35. The van der Waals surface area contributed by atoms with E-state index in [2.05, 4.69) is 0 Å². The summed E-state index contributed by atoms with van der Waals surface area (Å²) in [5.41, 5.74) is 1.17. The lowest BCUT2D eigenvalue weighted by molar-refractivity contribution is -0.133. The van der Waals surface area contributed by atoms with Crippen molar-refractivity contribution in [3.8, 4) is 11.5 Å². The lowest BCUT2D eigenvalue weighted by Crippen LogP contribution is -2.43. The molecule has 170 valence electrons. The molecule has 1 aliphatic carbocycles. The number of hydrogen-bond acceptors (Lipinski definition) is 5. The van der Waals surface area contributed by atoms with Crippen LogP contribution in [-0.4, -0.2) is 41.0 Å². The van der Waals surface area contributed by atoms with Crippen LogP contribution in [0.1, 0.15) is 33.6 Å². The van der Waals surface area contributed by atoms with Gasteiger partial charge in [0.25, 0.3) is 5.91 Å². The molecule has 2 aliphatic rings. The molecule has 33 heavy (non-hydrogen) atoms. The topological polar surface area (TPSA) is 59.1 Å². The Hall–Kier alpha value is -3.39. The van der Waals surface area contributed by atoms with E-state index >= 15 is 0 Å². The summed E-state index contributed by atoms with van der Waals surface area (Å²) in [6.07, 6.45) is 1.70. The zero-order valence-electron chi connectivity index (χ0n) is 17.9. The van der Waals surface area contributed by atoms with Gasteiger partial charge in [-0.15, -0.1) is 11.3 Å². The number of fused-ring (bicyclic) bond motifs is 1. The SMILES string of the molecule is O=C(CN(C(=O)c1cccc(F)c1)C1CC1)N(Cc1ccc2c(c1)OCO2)Cc1cccs1. The summed E-state index contributed by atoms with van der Waals surface area (Å²) < 4.78 is 24.5. The fourth-order valence-corrected chi connectivity index (χ4v) is 4.59. The molecule has 0 bridgehead atoms. The first-order chi connectivity index (χ1) is 16.1. The molecule has 0 saturated heterocycles. The zero-order valence-corrected chi connectivity index (χ0v) is 18.7. The molecule has 0 atom stereocenters. The van der Waals surface area contributed by atoms with Gasteiger partial charge in [0.15, 0.2) is 11.5 Å². The maximum Gasteiger partial charge on any atom is 0.254 e. The number of carbonyl (C=O) groups excluding carboxylic acids is 2. The van der Waals surface area contributed by atoms with E-state index < -0.39 is 5.82 Å². The average molecular weight is 467 g/mol. The summed E-state index contributed by atoms with van der Waals surface area (Å²) in [6.45, 7) is 0.961. The highest BCUT2D eigenvalue weighted by molar-refractivity contribution is 7.09. The van der Waals surface area contributed by atoms with Crippen molar-refractivity contribution in [1.82, 2.24) is 9.80 Å². The second-order valence-electron chi connectivity index (χ2n) is 8.19. The lowest BCUT2D eigenvalue weighted by Gasteiger charge is -2.28. The van der Waals surface area contributed by atoms with Gasteiger partial charge in [0.05, 0.1) is 6.54 Å². The molecule has 8 heteroatoms. The first-order valence-corrected chi connectivity index (χ1v) is 11.7. The van der Waals surface area contributed by atoms with E-state index in [0.29, 0.717) is 24.6 Å². The molecule has 1 aromatic heterocycles. The van der Waals surface area contributed by atoms with Crippen molar-refractivity contribution < 1.29 is 23.5 Å². The Bertz CT molecular complexity index is 1160. The minimum atomic E-state index is -0.468. The zero-order chi connectivity index (χ0) is 22.8. The van der Waals surface area contributed by atoms with Crippen LogP contribution in [0, 0.1) is 5.82 Å². The van der Waals surface area contributed by atoms with Crippen LogP contribution in [0.15, 0.2) is 60.0 Å². The second-order valence-corrected chi connectivity index (χ2v) is 9.22.